The molecule has 3 heteroatoms. The third kappa shape index (κ3) is 7.54. The molecule has 0 heterocycles. The lowest BCUT2D eigenvalue weighted by Crippen LogP contribution is -2.09. The van der Waals surface area contributed by atoms with Gasteiger partial charge in [-0.25, -0.2) is 4.79 Å². The van der Waals surface area contributed by atoms with Gasteiger partial charge in [-0.3, -0.25) is 0 Å². The first-order chi connectivity index (χ1) is 11.1. The van der Waals surface area contributed by atoms with E-state index >= 15 is 0 Å². The number of hydrogen-bond donors (Lipinski definition) is 0. The molecule has 0 saturated carbocycles. The topological polar surface area (TPSA) is 35.5 Å². The Kier molecular flexibility index (Phi) is 9.42. The van der Waals surface area contributed by atoms with Gasteiger partial charge in [-0.15, -0.1) is 0 Å². The molecule has 1 aromatic carbocycles. The highest BCUT2D eigenvalue weighted by Gasteiger charge is 2.14. The van der Waals surface area contributed by atoms with Gasteiger partial charge in [0.05, 0.1) is 13.2 Å². The van der Waals surface area contributed by atoms with Gasteiger partial charge in [0.15, 0.2) is 0 Å². The van der Waals surface area contributed by atoms with E-state index in [1.165, 1.54) is 12.0 Å². The minimum absolute atomic E-state index is 0.299. The lowest BCUT2D eigenvalue weighted by molar-refractivity contribution is 0.0521. The maximum atomic E-state index is 12.1. The molecule has 0 aliphatic rings. The van der Waals surface area contributed by atoms with E-state index in [0.29, 0.717) is 24.5 Å². The van der Waals surface area contributed by atoms with Gasteiger partial charge in [0.2, 0.25) is 0 Å². The minimum Gasteiger partial charge on any atom is -0.493 e. The zero-order valence-corrected chi connectivity index (χ0v) is 15.2. The Morgan fingerprint density at radius 3 is 2.57 bits per heavy atom. The summed E-state index contributed by atoms with van der Waals surface area (Å²) >= 11 is 0. The van der Waals surface area contributed by atoms with E-state index < -0.39 is 0 Å². The summed E-state index contributed by atoms with van der Waals surface area (Å²) in [6.07, 6.45) is 6.70. The molecule has 1 aromatic rings. The predicted octanol–water partition coefficient (Wildman–Crippen LogP) is 5.41. The second-order valence-corrected chi connectivity index (χ2v) is 6.39. The fraction of sp³-hybridized carbons (Fsp3) is 0.650. The number of benzene rings is 1. The molecule has 3 nitrogen and oxygen atoms in total. The van der Waals surface area contributed by atoms with Gasteiger partial charge in [0.1, 0.15) is 11.3 Å². The van der Waals surface area contributed by atoms with Crippen LogP contribution in [0.2, 0.25) is 0 Å². The predicted molar refractivity (Wildman–Crippen MR) is 95.2 cm³/mol. The average Bonchev–Trinajstić information content (AvgIpc) is 2.52. The standard InChI is InChI=1S/C20H32O3/c1-5-7-11-17-12-13-18(20(21)22-6-2)19(15-17)23-14-9-8-10-16(3)4/h12-13,15-16H,5-11,14H2,1-4H3. The monoisotopic (exact) mass is 320 g/mol. The van der Waals surface area contributed by atoms with E-state index in [-0.39, 0.29) is 5.97 Å². The molecule has 0 saturated heterocycles. The highest BCUT2D eigenvalue weighted by molar-refractivity contribution is 5.92. The molecule has 0 unspecified atom stereocenters. The molecule has 0 aliphatic carbocycles. The minimum atomic E-state index is -0.299. The van der Waals surface area contributed by atoms with Crippen LogP contribution in [0.1, 0.15) is 75.7 Å². The zero-order chi connectivity index (χ0) is 17.1. The van der Waals surface area contributed by atoms with Crippen LogP contribution in [0.25, 0.3) is 0 Å². The molecule has 130 valence electrons. The fourth-order valence-corrected chi connectivity index (χ4v) is 2.44. The zero-order valence-electron chi connectivity index (χ0n) is 15.2. The van der Waals surface area contributed by atoms with E-state index in [9.17, 15) is 4.79 Å². The Hall–Kier alpha value is -1.51. The van der Waals surface area contributed by atoms with Crippen molar-refractivity contribution >= 4 is 5.97 Å². The van der Waals surface area contributed by atoms with Crippen molar-refractivity contribution in [3.63, 3.8) is 0 Å². The van der Waals surface area contributed by atoms with Crippen molar-refractivity contribution in [2.45, 2.75) is 66.2 Å². The molecule has 0 N–H and O–H groups in total. The van der Waals surface area contributed by atoms with E-state index in [2.05, 4.69) is 20.8 Å². The highest BCUT2D eigenvalue weighted by Crippen LogP contribution is 2.23. The summed E-state index contributed by atoms with van der Waals surface area (Å²) in [6, 6.07) is 5.85. The molecule has 0 spiro atoms. The van der Waals surface area contributed by atoms with Crippen molar-refractivity contribution in [2.75, 3.05) is 13.2 Å². The van der Waals surface area contributed by atoms with Gasteiger partial charge in [-0.05, 0) is 56.2 Å². The van der Waals surface area contributed by atoms with Crippen molar-refractivity contribution < 1.29 is 14.3 Å². The van der Waals surface area contributed by atoms with Gasteiger partial charge >= 0.3 is 5.97 Å². The lowest BCUT2D eigenvalue weighted by atomic mass is 10.0. The number of aryl methyl sites for hydroxylation is 1. The third-order valence-corrected chi connectivity index (χ3v) is 3.79. The molecular weight excluding hydrogens is 288 g/mol. The van der Waals surface area contributed by atoms with Crippen LogP contribution in [0.15, 0.2) is 18.2 Å². The summed E-state index contributed by atoms with van der Waals surface area (Å²) in [5.74, 6) is 1.09. The van der Waals surface area contributed by atoms with Crippen molar-refractivity contribution in [3.8, 4) is 5.75 Å². The number of ether oxygens (including phenoxy) is 2. The Morgan fingerprint density at radius 1 is 1.13 bits per heavy atom. The van der Waals surface area contributed by atoms with Gasteiger partial charge in [-0.1, -0.05) is 39.7 Å². The third-order valence-electron chi connectivity index (χ3n) is 3.79. The number of esters is 1. The van der Waals surface area contributed by atoms with E-state index in [0.717, 1.165) is 38.0 Å². The van der Waals surface area contributed by atoms with Crippen molar-refractivity contribution in [1.29, 1.82) is 0 Å². The van der Waals surface area contributed by atoms with Crippen LogP contribution >= 0.6 is 0 Å². The molecule has 0 aromatic heterocycles. The molecular formula is C20H32O3. The number of unbranched alkanes of at least 4 members (excludes halogenated alkanes) is 2. The van der Waals surface area contributed by atoms with Gasteiger partial charge in [0.25, 0.3) is 0 Å². The van der Waals surface area contributed by atoms with Crippen LogP contribution in [0.3, 0.4) is 0 Å². The molecule has 1 rings (SSSR count). The average molecular weight is 320 g/mol. The molecule has 0 fully saturated rings. The quantitative estimate of drug-likeness (QED) is 0.404. The Labute approximate surface area is 141 Å². The second kappa shape index (κ2) is 11.1. The first-order valence-electron chi connectivity index (χ1n) is 9.01. The second-order valence-electron chi connectivity index (χ2n) is 6.39. The van der Waals surface area contributed by atoms with Crippen LogP contribution in [-0.2, 0) is 11.2 Å². The van der Waals surface area contributed by atoms with Gasteiger partial charge in [0, 0.05) is 0 Å². The van der Waals surface area contributed by atoms with Crippen molar-refractivity contribution in [1.82, 2.24) is 0 Å². The van der Waals surface area contributed by atoms with Crippen LogP contribution in [-0.4, -0.2) is 19.2 Å². The first kappa shape index (κ1) is 19.5. The van der Waals surface area contributed by atoms with Gasteiger partial charge in [-0.2, -0.15) is 0 Å². The Bertz CT molecular complexity index is 466. The smallest absolute Gasteiger partial charge is 0.341 e. The Morgan fingerprint density at radius 2 is 1.91 bits per heavy atom. The summed E-state index contributed by atoms with van der Waals surface area (Å²) in [5, 5.41) is 0. The molecule has 0 aliphatic heterocycles. The summed E-state index contributed by atoms with van der Waals surface area (Å²) in [4.78, 5) is 12.1. The van der Waals surface area contributed by atoms with Crippen LogP contribution in [0.5, 0.6) is 5.75 Å². The maximum Gasteiger partial charge on any atom is 0.341 e. The lowest BCUT2D eigenvalue weighted by Gasteiger charge is -2.13. The maximum absolute atomic E-state index is 12.1. The first-order valence-corrected chi connectivity index (χ1v) is 9.01. The van der Waals surface area contributed by atoms with Gasteiger partial charge < -0.3 is 9.47 Å². The molecule has 0 amide bonds. The molecule has 23 heavy (non-hydrogen) atoms. The van der Waals surface area contributed by atoms with Crippen LogP contribution < -0.4 is 4.74 Å². The number of carbonyl (C=O) groups is 1. The summed E-state index contributed by atoms with van der Waals surface area (Å²) in [5.41, 5.74) is 1.76. The van der Waals surface area contributed by atoms with Crippen LogP contribution in [0.4, 0.5) is 0 Å². The molecule has 0 atom stereocenters. The van der Waals surface area contributed by atoms with E-state index in [1.54, 1.807) is 0 Å². The fourth-order valence-electron chi connectivity index (χ4n) is 2.44. The van der Waals surface area contributed by atoms with E-state index in [4.69, 9.17) is 9.47 Å². The largest absolute Gasteiger partial charge is 0.493 e. The summed E-state index contributed by atoms with van der Waals surface area (Å²) in [7, 11) is 0. The number of rotatable bonds is 11. The summed E-state index contributed by atoms with van der Waals surface area (Å²) < 4.78 is 11.0. The summed E-state index contributed by atoms with van der Waals surface area (Å²) in [6.45, 7) is 9.49. The SMILES string of the molecule is CCCCc1ccc(C(=O)OCC)c(OCCCCC(C)C)c1. The van der Waals surface area contributed by atoms with E-state index in [1.807, 2.05) is 25.1 Å². The number of carbonyl (C=O) groups excluding carboxylic acids is 1. The van der Waals surface area contributed by atoms with Crippen LogP contribution in [0, 0.1) is 5.92 Å². The molecule has 0 bridgehead atoms. The van der Waals surface area contributed by atoms with Crippen molar-refractivity contribution in [3.05, 3.63) is 29.3 Å². The normalized spacial score (nSPS) is 10.8. The highest BCUT2D eigenvalue weighted by atomic mass is 16.5. The van der Waals surface area contributed by atoms with Crippen molar-refractivity contribution in [2.24, 2.45) is 5.92 Å². The Balaban J connectivity index is 2.71. The number of hydrogen-bond acceptors (Lipinski definition) is 3. The molecule has 0 radical (unpaired) electrons.